The summed E-state index contributed by atoms with van der Waals surface area (Å²) in [6.07, 6.45) is 6.76. The Hall–Kier alpha value is -1.09. The molecule has 1 saturated heterocycles. The Kier molecular flexibility index (Phi) is 8.40. The highest BCUT2D eigenvalue weighted by atomic mass is 32.2. The van der Waals surface area contributed by atoms with Gasteiger partial charge in [-0.1, -0.05) is 12.8 Å². The van der Waals surface area contributed by atoms with Crippen molar-refractivity contribution in [2.45, 2.75) is 41.9 Å². The van der Waals surface area contributed by atoms with Gasteiger partial charge in [-0.25, -0.2) is 13.1 Å². The van der Waals surface area contributed by atoms with E-state index < -0.39 is 10.0 Å². The van der Waals surface area contributed by atoms with Crippen molar-refractivity contribution in [3.05, 3.63) is 23.8 Å². The number of methoxy groups -OCH3 is 1. The predicted molar refractivity (Wildman–Crippen MR) is 104 cm³/mol. The van der Waals surface area contributed by atoms with E-state index in [0.717, 1.165) is 43.7 Å². The van der Waals surface area contributed by atoms with E-state index >= 15 is 0 Å². The molecule has 0 radical (unpaired) electrons. The molecule has 0 bridgehead atoms. The number of nitrogens with zero attached hydrogens (tertiary/aromatic N) is 1. The van der Waals surface area contributed by atoms with Crippen molar-refractivity contribution in [2.24, 2.45) is 0 Å². The van der Waals surface area contributed by atoms with Crippen LogP contribution < -0.4 is 4.72 Å². The number of carbonyl (C=O) groups excluding carboxylic acids is 1. The first-order valence-corrected chi connectivity index (χ1v) is 11.7. The average molecular weight is 401 g/mol. The fourth-order valence-corrected chi connectivity index (χ4v) is 4.64. The highest BCUT2D eigenvalue weighted by Crippen LogP contribution is 2.26. The van der Waals surface area contributed by atoms with E-state index in [9.17, 15) is 13.2 Å². The van der Waals surface area contributed by atoms with E-state index in [0.29, 0.717) is 25.1 Å². The maximum Gasteiger partial charge on any atom is 0.255 e. The molecule has 0 spiro atoms. The first-order chi connectivity index (χ1) is 12.5. The zero-order valence-corrected chi connectivity index (χ0v) is 17.1. The molecule has 0 atom stereocenters. The first-order valence-electron chi connectivity index (χ1n) is 8.95. The number of hydrogen-bond acceptors (Lipinski definition) is 5. The third-order valence-electron chi connectivity index (χ3n) is 4.42. The topological polar surface area (TPSA) is 75.7 Å². The van der Waals surface area contributed by atoms with Crippen LogP contribution in [0.15, 0.2) is 28.0 Å². The molecule has 1 amide bonds. The molecule has 1 aromatic carbocycles. The van der Waals surface area contributed by atoms with Crippen molar-refractivity contribution in [1.82, 2.24) is 9.62 Å². The maximum atomic E-state index is 13.0. The van der Waals surface area contributed by atoms with Crippen LogP contribution in [0.25, 0.3) is 0 Å². The lowest BCUT2D eigenvalue weighted by Crippen LogP contribution is -2.32. The molecule has 0 unspecified atom stereocenters. The number of amides is 1. The molecule has 26 heavy (non-hydrogen) atoms. The van der Waals surface area contributed by atoms with Crippen LogP contribution in [0.2, 0.25) is 0 Å². The number of benzene rings is 1. The summed E-state index contributed by atoms with van der Waals surface area (Å²) in [5.41, 5.74) is 0.471. The Morgan fingerprint density at radius 3 is 2.54 bits per heavy atom. The molecule has 1 fully saturated rings. The average Bonchev–Trinajstić information content (AvgIpc) is 2.93. The van der Waals surface area contributed by atoms with Gasteiger partial charge < -0.3 is 9.64 Å². The standard InChI is InChI=1S/C18H28N2O4S2/c1-24-13-7-10-19-26(22,23)15-8-9-17(25-2)16(14-15)18(21)20-11-5-3-4-6-12-20/h8-9,14,19H,3-7,10-13H2,1-2H3. The van der Waals surface area contributed by atoms with Crippen molar-refractivity contribution in [3.8, 4) is 0 Å². The summed E-state index contributed by atoms with van der Waals surface area (Å²) in [6.45, 7) is 2.26. The lowest BCUT2D eigenvalue weighted by atomic mass is 10.2. The molecule has 8 heteroatoms. The van der Waals surface area contributed by atoms with Crippen LogP contribution in [0, 0.1) is 0 Å². The molecular formula is C18H28N2O4S2. The van der Waals surface area contributed by atoms with Gasteiger partial charge in [0.15, 0.2) is 0 Å². The number of rotatable bonds is 8. The molecule has 0 aromatic heterocycles. The smallest absolute Gasteiger partial charge is 0.255 e. The molecule has 146 valence electrons. The second-order valence-corrected chi connectivity index (χ2v) is 8.93. The largest absolute Gasteiger partial charge is 0.385 e. The van der Waals surface area contributed by atoms with Crippen LogP contribution in [0.5, 0.6) is 0 Å². The third-order valence-corrected chi connectivity index (χ3v) is 6.68. The van der Waals surface area contributed by atoms with Gasteiger partial charge in [0.1, 0.15) is 0 Å². The molecule has 0 saturated carbocycles. The quantitative estimate of drug-likeness (QED) is 0.536. The Labute approximate surface area is 160 Å². The van der Waals surface area contributed by atoms with Gasteiger partial charge in [-0.2, -0.15) is 0 Å². The van der Waals surface area contributed by atoms with Crippen LogP contribution in [-0.2, 0) is 14.8 Å². The number of likely N-dealkylation sites (tertiary alicyclic amines) is 1. The van der Waals surface area contributed by atoms with Crippen molar-refractivity contribution in [1.29, 1.82) is 0 Å². The second-order valence-electron chi connectivity index (χ2n) is 6.31. The predicted octanol–water partition coefficient (Wildman–Crippen LogP) is 2.74. The molecule has 1 aliphatic rings. The second kappa shape index (κ2) is 10.3. The van der Waals surface area contributed by atoms with Gasteiger partial charge in [0.25, 0.3) is 5.91 Å². The van der Waals surface area contributed by atoms with E-state index in [4.69, 9.17) is 4.74 Å². The third kappa shape index (κ3) is 5.70. The summed E-state index contributed by atoms with van der Waals surface area (Å²) in [5, 5.41) is 0. The summed E-state index contributed by atoms with van der Waals surface area (Å²) in [7, 11) is -2.07. The zero-order chi connectivity index (χ0) is 19.0. The van der Waals surface area contributed by atoms with E-state index in [1.807, 2.05) is 11.2 Å². The summed E-state index contributed by atoms with van der Waals surface area (Å²) in [6, 6.07) is 4.79. The van der Waals surface area contributed by atoms with Crippen molar-refractivity contribution in [2.75, 3.05) is 39.6 Å². The summed E-state index contributed by atoms with van der Waals surface area (Å²) in [4.78, 5) is 15.8. The lowest BCUT2D eigenvalue weighted by molar-refractivity contribution is 0.0758. The Morgan fingerprint density at radius 1 is 1.23 bits per heavy atom. The van der Waals surface area contributed by atoms with Crippen LogP contribution in [0.3, 0.4) is 0 Å². The van der Waals surface area contributed by atoms with Gasteiger partial charge in [-0.3, -0.25) is 4.79 Å². The van der Waals surface area contributed by atoms with E-state index in [-0.39, 0.29) is 10.8 Å². The SMILES string of the molecule is COCCCNS(=O)(=O)c1ccc(SC)c(C(=O)N2CCCCCC2)c1. The Bertz CT molecular complexity index is 699. The van der Waals surface area contributed by atoms with Gasteiger partial charge in [0, 0.05) is 38.2 Å². The van der Waals surface area contributed by atoms with Crippen molar-refractivity contribution < 1.29 is 17.9 Å². The van der Waals surface area contributed by atoms with Crippen LogP contribution in [-0.4, -0.2) is 58.8 Å². The molecule has 1 N–H and O–H groups in total. The highest BCUT2D eigenvalue weighted by molar-refractivity contribution is 7.98. The molecule has 0 aliphatic carbocycles. The molecule has 1 aliphatic heterocycles. The zero-order valence-electron chi connectivity index (χ0n) is 15.5. The van der Waals surface area contributed by atoms with Gasteiger partial charge in [-0.05, 0) is 43.7 Å². The fourth-order valence-electron chi connectivity index (χ4n) is 2.97. The van der Waals surface area contributed by atoms with Crippen LogP contribution in [0.4, 0.5) is 0 Å². The summed E-state index contributed by atoms with van der Waals surface area (Å²) < 4.78 is 32.5. The molecule has 1 aromatic rings. The number of carbonyl (C=O) groups is 1. The van der Waals surface area contributed by atoms with E-state index in [1.54, 1.807) is 19.2 Å². The number of ether oxygens (including phenoxy) is 1. The summed E-state index contributed by atoms with van der Waals surface area (Å²) >= 11 is 1.46. The van der Waals surface area contributed by atoms with Gasteiger partial charge in [0.2, 0.25) is 10.0 Å². The minimum Gasteiger partial charge on any atom is -0.385 e. The van der Waals surface area contributed by atoms with Gasteiger partial charge in [-0.15, -0.1) is 11.8 Å². The number of sulfonamides is 1. The number of nitrogens with one attached hydrogen (secondary N) is 1. The number of thioether (sulfide) groups is 1. The fraction of sp³-hybridized carbons (Fsp3) is 0.611. The summed E-state index contributed by atoms with van der Waals surface area (Å²) in [5.74, 6) is -0.0762. The van der Waals surface area contributed by atoms with Gasteiger partial charge in [0.05, 0.1) is 10.5 Å². The Balaban J connectivity index is 2.22. The lowest BCUT2D eigenvalue weighted by Gasteiger charge is -2.22. The van der Waals surface area contributed by atoms with Crippen LogP contribution in [0.1, 0.15) is 42.5 Å². The minimum atomic E-state index is -3.65. The molecule has 1 heterocycles. The molecular weight excluding hydrogens is 372 g/mol. The van der Waals surface area contributed by atoms with Crippen molar-refractivity contribution >= 4 is 27.7 Å². The van der Waals surface area contributed by atoms with Crippen LogP contribution >= 0.6 is 11.8 Å². The monoisotopic (exact) mass is 400 g/mol. The van der Waals surface area contributed by atoms with E-state index in [2.05, 4.69) is 4.72 Å². The van der Waals surface area contributed by atoms with Crippen molar-refractivity contribution in [3.63, 3.8) is 0 Å². The van der Waals surface area contributed by atoms with Gasteiger partial charge >= 0.3 is 0 Å². The Morgan fingerprint density at radius 2 is 1.92 bits per heavy atom. The highest BCUT2D eigenvalue weighted by Gasteiger charge is 2.23. The maximum absolute atomic E-state index is 13.0. The normalized spacial score (nSPS) is 15.7. The van der Waals surface area contributed by atoms with E-state index in [1.165, 1.54) is 17.8 Å². The molecule has 2 rings (SSSR count). The number of hydrogen-bond donors (Lipinski definition) is 1. The minimum absolute atomic E-state index is 0.0762. The molecule has 6 nitrogen and oxygen atoms in total. The first kappa shape index (κ1) is 21.2.